The van der Waals surface area contributed by atoms with Gasteiger partial charge in [-0.15, -0.1) is 0 Å². The normalized spacial score (nSPS) is 32.9. The van der Waals surface area contributed by atoms with Crippen molar-refractivity contribution in [1.82, 2.24) is 4.90 Å². The summed E-state index contributed by atoms with van der Waals surface area (Å²) in [5.41, 5.74) is 5.55. The monoisotopic (exact) mass is 210 g/mol. The zero-order chi connectivity index (χ0) is 11.0. The molecule has 2 fully saturated rings. The van der Waals surface area contributed by atoms with Crippen molar-refractivity contribution in [1.29, 1.82) is 0 Å². The van der Waals surface area contributed by atoms with Gasteiger partial charge in [-0.25, -0.2) is 0 Å². The average Bonchev–Trinajstić information content (AvgIpc) is 2.67. The molecule has 0 radical (unpaired) electrons. The second-order valence-electron chi connectivity index (χ2n) is 5.20. The predicted octanol–water partition coefficient (Wildman–Crippen LogP) is 1.23. The molecular weight excluding hydrogens is 188 g/mol. The third-order valence-electron chi connectivity index (χ3n) is 3.97. The molecule has 0 aromatic heterocycles. The predicted molar refractivity (Wildman–Crippen MR) is 60.2 cm³/mol. The third-order valence-corrected chi connectivity index (χ3v) is 3.97. The lowest BCUT2D eigenvalue weighted by Gasteiger charge is -2.27. The van der Waals surface area contributed by atoms with Crippen molar-refractivity contribution in [3.05, 3.63) is 0 Å². The van der Waals surface area contributed by atoms with Gasteiger partial charge in [0.15, 0.2) is 0 Å². The fraction of sp³-hybridized carbons (Fsp3) is 0.917. The number of amides is 1. The van der Waals surface area contributed by atoms with Gasteiger partial charge in [0.25, 0.3) is 0 Å². The van der Waals surface area contributed by atoms with Crippen molar-refractivity contribution >= 4 is 5.91 Å². The molecule has 0 heterocycles. The summed E-state index contributed by atoms with van der Waals surface area (Å²) in [4.78, 5) is 14.2. The maximum absolute atomic E-state index is 12.2. The lowest BCUT2D eigenvalue weighted by Crippen LogP contribution is -2.41. The first-order valence-electron chi connectivity index (χ1n) is 6.17. The van der Waals surface area contributed by atoms with Crippen molar-refractivity contribution in [2.45, 2.75) is 39.2 Å². The van der Waals surface area contributed by atoms with Gasteiger partial charge in [-0.2, -0.15) is 0 Å². The number of nitrogens with zero attached hydrogens (tertiary/aromatic N) is 1. The summed E-state index contributed by atoms with van der Waals surface area (Å²) in [6, 6.07) is 0.294. The van der Waals surface area contributed by atoms with E-state index in [1.54, 1.807) is 0 Å². The minimum atomic E-state index is 0.294. The van der Waals surface area contributed by atoms with Gasteiger partial charge >= 0.3 is 0 Å². The highest BCUT2D eigenvalue weighted by Gasteiger charge is 2.57. The van der Waals surface area contributed by atoms with Crippen LogP contribution >= 0.6 is 0 Å². The molecule has 15 heavy (non-hydrogen) atoms. The highest BCUT2D eigenvalue weighted by Crippen LogP contribution is 2.58. The van der Waals surface area contributed by atoms with Gasteiger partial charge in [0.05, 0.1) is 0 Å². The van der Waals surface area contributed by atoms with Gasteiger partial charge in [0, 0.05) is 25.0 Å². The van der Waals surface area contributed by atoms with Crippen molar-refractivity contribution in [2.24, 2.45) is 23.5 Å². The smallest absolute Gasteiger partial charge is 0.226 e. The van der Waals surface area contributed by atoms with Crippen LogP contribution in [0.3, 0.4) is 0 Å². The molecule has 2 atom stereocenters. The SMILES string of the molecule is CC(C)N(CCN)C(=O)C1C2CCCC21. The fourth-order valence-corrected chi connectivity index (χ4v) is 3.14. The van der Waals surface area contributed by atoms with E-state index < -0.39 is 0 Å². The molecule has 0 spiro atoms. The van der Waals surface area contributed by atoms with Crippen LogP contribution in [0.2, 0.25) is 0 Å². The molecule has 0 aromatic carbocycles. The molecule has 2 unspecified atom stereocenters. The van der Waals surface area contributed by atoms with Crippen molar-refractivity contribution in [3.63, 3.8) is 0 Å². The second-order valence-corrected chi connectivity index (χ2v) is 5.20. The summed E-state index contributed by atoms with van der Waals surface area (Å²) in [6.07, 6.45) is 3.88. The Morgan fingerprint density at radius 1 is 1.40 bits per heavy atom. The fourth-order valence-electron chi connectivity index (χ4n) is 3.14. The third kappa shape index (κ3) is 1.89. The Labute approximate surface area is 92.0 Å². The molecule has 2 aliphatic rings. The topological polar surface area (TPSA) is 46.3 Å². The first-order valence-corrected chi connectivity index (χ1v) is 6.17. The molecule has 1 amide bonds. The maximum Gasteiger partial charge on any atom is 0.226 e. The van der Waals surface area contributed by atoms with Gasteiger partial charge in [-0.1, -0.05) is 6.42 Å². The molecule has 0 bridgehead atoms. The molecule has 0 aromatic rings. The maximum atomic E-state index is 12.2. The van der Waals surface area contributed by atoms with Crippen LogP contribution in [0.25, 0.3) is 0 Å². The van der Waals surface area contributed by atoms with E-state index in [9.17, 15) is 4.79 Å². The molecule has 2 rings (SSSR count). The largest absolute Gasteiger partial charge is 0.339 e. The van der Waals surface area contributed by atoms with Crippen molar-refractivity contribution in [3.8, 4) is 0 Å². The van der Waals surface area contributed by atoms with Gasteiger partial charge < -0.3 is 10.6 Å². The highest BCUT2D eigenvalue weighted by atomic mass is 16.2. The number of fused-ring (bicyclic) bond motifs is 1. The van der Waals surface area contributed by atoms with Gasteiger partial charge in [-0.3, -0.25) is 4.79 Å². The van der Waals surface area contributed by atoms with Crippen molar-refractivity contribution < 1.29 is 4.79 Å². The van der Waals surface area contributed by atoms with E-state index in [0.717, 1.165) is 11.8 Å². The summed E-state index contributed by atoms with van der Waals surface area (Å²) in [5.74, 6) is 2.16. The summed E-state index contributed by atoms with van der Waals surface area (Å²) in [7, 11) is 0. The number of hydrogen-bond donors (Lipinski definition) is 1. The number of nitrogens with two attached hydrogens (primary N) is 1. The minimum Gasteiger partial charge on any atom is -0.339 e. The van der Waals surface area contributed by atoms with Crippen LogP contribution in [0.5, 0.6) is 0 Å². The Morgan fingerprint density at radius 2 is 2.00 bits per heavy atom. The lowest BCUT2D eigenvalue weighted by atomic mass is 10.1. The number of carbonyl (C=O) groups is 1. The summed E-state index contributed by atoms with van der Waals surface area (Å²) in [5, 5.41) is 0. The van der Waals surface area contributed by atoms with Crippen LogP contribution in [0, 0.1) is 17.8 Å². The number of carbonyl (C=O) groups excluding carboxylic acids is 1. The van der Waals surface area contributed by atoms with Crippen LogP contribution in [0.4, 0.5) is 0 Å². The Balaban J connectivity index is 1.94. The van der Waals surface area contributed by atoms with E-state index in [1.165, 1.54) is 19.3 Å². The summed E-state index contributed by atoms with van der Waals surface area (Å²) < 4.78 is 0. The molecule has 2 saturated carbocycles. The Morgan fingerprint density at radius 3 is 2.47 bits per heavy atom. The standard InChI is InChI=1S/C12H22N2O/c1-8(2)14(7-6-13)12(15)11-9-4-3-5-10(9)11/h8-11H,3-7,13H2,1-2H3. The molecule has 3 heteroatoms. The molecule has 2 N–H and O–H groups in total. The average molecular weight is 210 g/mol. The van der Waals surface area contributed by atoms with Gasteiger partial charge in [0.2, 0.25) is 5.91 Å². The zero-order valence-electron chi connectivity index (χ0n) is 9.78. The zero-order valence-corrected chi connectivity index (χ0v) is 9.78. The number of rotatable bonds is 4. The Kier molecular flexibility index (Phi) is 3.01. The molecule has 0 aliphatic heterocycles. The quantitative estimate of drug-likeness (QED) is 0.758. The van der Waals surface area contributed by atoms with Crippen LogP contribution in [0.1, 0.15) is 33.1 Å². The molecular formula is C12H22N2O. The first-order chi connectivity index (χ1) is 7.16. The summed E-state index contributed by atoms with van der Waals surface area (Å²) >= 11 is 0. The van der Waals surface area contributed by atoms with Crippen LogP contribution in [0.15, 0.2) is 0 Å². The molecule has 86 valence electrons. The van der Waals surface area contributed by atoms with E-state index in [0.29, 0.717) is 31.0 Å². The highest BCUT2D eigenvalue weighted by molar-refractivity contribution is 5.82. The van der Waals surface area contributed by atoms with Crippen LogP contribution < -0.4 is 5.73 Å². The summed E-state index contributed by atoms with van der Waals surface area (Å²) in [6.45, 7) is 5.44. The Hall–Kier alpha value is -0.570. The van der Waals surface area contributed by atoms with E-state index >= 15 is 0 Å². The van der Waals surface area contributed by atoms with Crippen LogP contribution in [-0.4, -0.2) is 29.9 Å². The molecule has 3 nitrogen and oxygen atoms in total. The minimum absolute atomic E-state index is 0.294. The van der Waals surface area contributed by atoms with Gasteiger partial charge in [-0.05, 0) is 38.5 Å². The van der Waals surface area contributed by atoms with Gasteiger partial charge in [0.1, 0.15) is 0 Å². The molecule has 2 aliphatic carbocycles. The second kappa shape index (κ2) is 4.12. The first kappa shape index (κ1) is 10.9. The van der Waals surface area contributed by atoms with E-state index in [1.807, 2.05) is 4.90 Å². The molecule has 0 saturated heterocycles. The Bertz CT molecular complexity index is 242. The van der Waals surface area contributed by atoms with E-state index in [-0.39, 0.29) is 0 Å². The lowest BCUT2D eigenvalue weighted by molar-refractivity contribution is -0.135. The van der Waals surface area contributed by atoms with E-state index in [4.69, 9.17) is 5.73 Å². The van der Waals surface area contributed by atoms with Crippen molar-refractivity contribution in [2.75, 3.05) is 13.1 Å². The number of hydrogen-bond acceptors (Lipinski definition) is 2. The van der Waals surface area contributed by atoms with Crippen LogP contribution in [-0.2, 0) is 4.79 Å². The van der Waals surface area contributed by atoms with E-state index in [2.05, 4.69) is 13.8 Å².